The summed E-state index contributed by atoms with van der Waals surface area (Å²) < 4.78 is 39.7. The van der Waals surface area contributed by atoms with Crippen molar-refractivity contribution in [1.29, 1.82) is 0 Å². The second-order valence-corrected chi connectivity index (χ2v) is 8.34. The van der Waals surface area contributed by atoms with E-state index in [4.69, 9.17) is 0 Å². The Morgan fingerprint density at radius 2 is 1.75 bits per heavy atom. The molecule has 1 fully saturated rings. The summed E-state index contributed by atoms with van der Waals surface area (Å²) in [7, 11) is 0. The molecule has 0 bridgehead atoms. The zero-order valence-electron chi connectivity index (χ0n) is 15.1. The van der Waals surface area contributed by atoms with Crippen LogP contribution in [0.5, 0.6) is 0 Å². The van der Waals surface area contributed by atoms with Crippen molar-refractivity contribution in [2.75, 3.05) is 36.8 Å². The lowest BCUT2D eigenvalue weighted by Crippen LogP contribution is -2.49. The van der Waals surface area contributed by atoms with Crippen molar-refractivity contribution >= 4 is 39.3 Å². The zero-order valence-corrected chi connectivity index (χ0v) is 17.5. The number of alkyl halides is 3. The van der Waals surface area contributed by atoms with Crippen molar-refractivity contribution in [2.45, 2.75) is 11.9 Å². The highest BCUT2D eigenvalue weighted by atomic mass is 79.9. The molecule has 0 saturated carbocycles. The Balaban J connectivity index is 1.48. The lowest BCUT2D eigenvalue weighted by Gasteiger charge is -2.36. The van der Waals surface area contributed by atoms with Gasteiger partial charge in [0, 0.05) is 42.1 Å². The molecule has 8 heteroatoms. The first-order valence-electron chi connectivity index (χ1n) is 8.86. The third-order valence-corrected chi connectivity index (χ3v) is 6.35. The van der Waals surface area contributed by atoms with Crippen LogP contribution in [0.25, 0.3) is 0 Å². The molecule has 1 saturated heterocycles. The summed E-state index contributed by atoms with van der Waals surface area (Å²) in [5, 5.41) is 0. The number of piperazine rings is 1. The smallest absolute Gasteiger partial charge is 0.368 e. The van der Waals surface area contributed by atoms with Crippen LogP contribution in [0.3, 0.4) is 0 Å². The van der Waals surface area contributed by atoms with Gasteiger partial charge in [0.1, 0.15) is 0 Å². The minimum absolute atomic E-state index is 0.0701. The lowest BCUT2D eigenvalue weighted by atomic mass is 10.1. The Morgan fingerprint density at radius 1 is 1.04 bits per heavy atom. The Bertz CT molecular complexity index is 823. The van der Waals surface area contributed by atoms with Gasteiger partial charge in [0.2, 0.25) is 5.91 Å². The topological polar surface area (TPSA) is 23.6 Å². The fourth-order valence-electron chi connectivity index (χ4n) is 3.05. The van der Waals surface area contributed by atoms with E-state index < -0.39 is 11.7 Å². The van der Waals surface area contributed by atoms with Gasteiger partial charge in [0.15, 0.2) is 0 Å². The van der Waals surface area contributed by atoms with Gasteiger partial charge in [-0.15, -0.1) is 11.8 Å². The molecule has 2 aromatic rings. The van der Waals surface area contributed by atoms with Crippen molar-refractivity contribution in [1.82, 2.24) is 4.90 Å². The molecule has 2 aromatic carbocycles. The summed E-state index contributed by atoms with van der Waals surface area (Å²) in [4.78, 5) is 16.1. The Labute approximate surface area is 175 Å². The number of hydrogen-bond acceptors (Lipinski definition) is 3. The molecule has 150 valence electrons. The highest BCUT2D eigenvalue weighted by Gasteiger charge is 2.31. The zero-order chi connectivity index (χ0) is 20.1. The average molecular weight is 473 g/mol. The number of carbonyl (C=O) groups is 1. The van der Waals surface area contributed by atoms with E-state index in [1.165, 1.54) is 12.1 Å². The van der Waals surface area contributed by atoms with Crippen molar-refractivity contribution in [3.63, 3.8) is 0 Å². The molecule has 1 aliphatic rings. The molecular formula is C20H20BrF3N2OS. The van der Waals surface area contributed by atoms with E-state index in [0.29, 0.717) is 37.6 Å². The number of carbonyl (C=O) groups excluding carboxylic acids is 1. The number of nitrogens with zero attached hydrogens (tertiary/aromatic N) is 2. The third kappa shape index (κ3) is 5.44. The van der Waals surface area contributed by atoms with Crippen LogP contribution < -0.4 is 4.90 Å². The number of thioether (sulfide) groups is 1. The number of hydrogen-bond donors (Lipinski definition) is 0. The molecule has 28 heavy (non-hydrogen) atoms. The molecular weight excluding hydrogens is 453 g/mol. The van der Waals surface area contributed by atoms with E-state index in [1.54, 1.807) is 22.7 Å². The number of benzene rings is 2. The number of anilines is 1. The molecule has 3 nitrogen and oxygen atoms in total. The number of amides is 1. The Hall–Kier alpha value is -1.67. The van der Waals surface area contributed by atoms with Gasteiger partial charge < -0.3 is 9.80 Å². The van der Waals surface area contributed by atoms with Gasteiger partial charge in [0.05, 0.1) is 11.3 Å². The molecule has 0 radical (unpaired) electrons. The maximum Gasteiger partial charge on any atom is 0.416 e. The minimum atomic E-state index is -4.35. The van der Waals surface area contributed by atoms with Crippen LogP contribution in [0, 0.1) is 0 Å². The standard InChI is InChI=1S/C20H20BrF3N2OS/c21-18-7-2-1-4-15(18)13-28-14-19(27)26-10-8-25(9-11-26)17-6-3-5-16(12-17)20(22,23)24/h1-7,12H,8-11,13-14H2. The Morgan fingerprint density at radius 3 is 2.43 bits per heavy atom. The van der Waals surface area contributed by atoms with E-state index >= 15 is 0 Å². The first-order chi connectivity index (χ1) is 13.3. The van der Waals surface area contributed by atoms with E-state index in [2.05, 4.69) is 15.9 Å². The molecule has 0 unspecified atom stereocenters. The summed E-state index contributed by atoms with van der Waals surface area (Å²) in [6.07, 6.45) is -4.35. The number of halogens is 4. The van der Waals surface area contributed by atoms with Gasteiger partial charge in [-0.2, -0.15) is 13.2 Å². The first-order valence-corrected chi connectivity index (χ1v) is 10.8. The summed E-state index contributed by atoms with van der Waals surface area (Å²) in [5.41, 5.74) is 1.05. The largest absolute Gasteiger partial charge is 0.416 e. The maximum absolute atomic E-state index is 12.9. The molecule has 0 N–H and O–H groups in total. The quantitative estimate of drug-likeness (QED) is 0.608. The van der Waals surface area contributed by atoms with Crippen LogP contribution in [0.1, 0.15) is 11.1 Å². The lowest BCUT2D eigenvalue weighted by molar-refractivity contribution is -0.137. The van der Waals surface area contributed by atoms with Crippen molar-refractivity contribution in [3.05, 3.63) is 64.1 Å². The fourth-order valence-corrected chi connectivity index (χ4v) is 4.59. The summed E-state index contributed by atoms with van der Waals surface area (Å²) in [6, 6.07) is 13.3. The monoisotopic (exact) mass is 472 g/mol. The van der Waals surface area contributed by atoms with Gasteiger partial charge in [-0.1, -0.05) is 40.2 Å². The minimum Gasteiger partial charge on any atom is -0.368 e. The van der Waals surface area contributed by atoms with Crippen LogP contribution >= 0.6 is 27.7 Å². The molecule has 1 aliphatic heterocycles. The fraction of sp³-hybridized carbons (Fsp3) is 0.350. The number of rotatable bonds is 5. The average Bonchev–Trinajstić information content (AvgIpc) is 2.69. The molecule has 0 aromatic heterocycles. The van der Waals surface area contributed by atoms with Gasteiger partial charge in [-0.25, -0.2) is 0 Å². The second kappa shape index (κ2) is 9.22. The van der Waals surface area contributed by atoms with Gasteiger partial charge in [-0.3, -0.25) is 4.79 Å². The summed E-state index contributed by atoms with van der Waals surface area (Å²) >= 11 is 5.07. The summed E-state index contributed by atoms with van der Waals surface area (Å²) in [6.45, 7) is 2.10. The Kier molecular flexibility index (Phi) is 6.93. The van der Waals surface area contributed by atoms with Crippen molar-refractivity contribution < 1.29 is 18.0 Å². The van der Waals surface area contributed by atoms with E-state index in [1.807, 2.05) is 29.2 Å². The highest BCUT2D eigenvalue weighted by molar-refractivity contribution is 9.10. The molecule has 0 spiro atoms. The van der Waals surface area contributed by atoms with Gasteiger partial charge in [0.25, 0.3) is 0 Å². The van der Waals surface area contributed by atoms with E-state index in [9.17, 15) is 18.0 Å². The summed E-state index contributed by atoms with van der Waals surface area (Å²) in [5.74, 6) is 1.21. The van der Waals surface area contributed by atoms with Crippen LogP contribution in [-0.2, 0) is 16.7 Å². The van der Waals surface area contributed by atoms with Crippen LogP contribution in [-0.4, -0.2) is 42.7 Å². The van der Waals surface area contributed by atoms with E-state index in [-0.39, 0.29) is 5.91 Å². The highest BCUT2D eigenvalue weighted by Crippen LogP contribution is 2.32. The molecule has 0 atom stereocenters. The van der Waals surface area contributed by atoms with Gasteiger partial charge >= 0.3 is 6.18 Å². The molecule has 0 aliphatic carbocycles. The first kappa shape index (κ1) is 21.0. The normalized spacial score (nSPS) is 15.0. The molecule has 1 amide bonds. The predicted octanol–water partition coefficient (Wildman–Crippen LogP) is 5.05. The molecule has 3 rings (SSSR count). The van der Waals surface area contributed by atoms with Gasteiger partial charge in [-0.05, 0) is 29.8 Å². The van der Waals surface area contributed by atoms with Crippen LogP contribution in [0.2, 0.25) is 0 Å². The third-order valence-electron chi connectivity index (χ3n) is 4.61. The second-order valence-electron chi connectivity index (χ2n) is 6.50. The molecule has 1 heterocycles. The SMILES string of the molecule is O=C(CSCc1ccccc1Br)N1CCN(c2cccc(C(F)(F)F)c2)CC1. The predicted molar refractivity (Wildman–Crippen MR) is 111 cm³/mol. The van der Waals surface area contributed by atoms with Crippen LogP contribution in [0.15, 0.2) is 53.0 Å². The van der Waals surface area contributed by atoms with Crippen molar-refractivity contribution in [3.8, 4) is 0 Å². The maximum atomic E-state index is 12.9. The van der Waals surface area contributed by atoms with Crippen LogP contribution in [0.4, 0.5) is 18.9 Å². The van der Waals surface area contributed by atoms with E-state index in [0.717, 1.165) is 21.9 Å². The van der Waals surface area contributed by atoms with Crippen molar-refractivity contribution in [2.24, 2.45) is 0 Å².